The van der Waals surface area contributed by atoms with E-state index in [9.17, 15) is 9.59 Å². The van der Waals surface area contributed by atoms with Crippen LogP contribution in [0.2, 0.25) is 0 Å². The van der Waals surface area contributed by atoms with E-state index >= 15 is 0 Å². The van der Waals surface area contributed by atoms with Gasteiger partial charge >= 0.3 is 0 Å². The van der Waals surface area contributed by atoms with Crippen LogP contribution >= 0.6 is 0 Å². The van der Waals surface area contributed by atoms with E-state index in [1.807, 2.05) is 30.0 Å². The first-order valence-electron chi connectivity index (χ1n) is 15.7. The molecule has 0 saturated heterocycles. The van der Waals surface area contributed by atoms with Gasteiger partial charge in [0.2, 0.25) is 0 Å². The third-order valence-electron chi connectivity index (χ3n) is 8.82. The van der Waals surface area contributed by atoms with Crippen LogP contribution in [0.25, 0.3) is 0 Å². The third kappa shape index (κ3) is 8.74. The molecule has 2 aliphatic rings. The minimum Gasteiger partial charge on any atom is -0.386 e. The highest BCUT2D eigenvalue weighted by Crippen LogP contribution is 2.48. The molecule has 240 valence electrons. The molecule has 44 heavy (non-hydrogen) atoms. The van der Waals surface area contributed by atoms with Crippen molar-refractivity contribution in [1.29, 1.82) is 5.41 Å². The summed E-state index contributed by atoms with van der Waals surface area (Å²) in [4.78, 5) is 38.9. The molecule has 0 radical (unpaired) electrons. The third-order valence-corrected chi connectivity index (χ3v) is 8.82. The van der Waals surface area contributed by atoms with Crippen molar-refractivity contribution >= 4 is 29.6 Å². The monoisotopic (exact) mass is 604 g/mol. The molecule has 9 heteroatoms. The number of ether oxygens (including phenoxy) is 1. The summed E-state index contributed by atoms with van der Waals surface area (Å²) in [5.41, 5.74) is 7.27. The fraction of sp³-hybridized carbons (Fsp3) is 0.571. The van der Waals surface area contributed by atoms with Gasteiger partial charge in [-0.1, -0.05) is 53.3 Å². The van der Waals surface area contributed by atoms with E-state index in [0.29, 0.717) is 28.7 Å². The summed E-state index contributed by atoms with van der Waals surface area (Å²) >= 11 is 0. The van der Waals surface area contributed by atoms with Crippen molar-refractivity contribution in [3.05, 3.63) is 59.8 Å². The molecule has 2 atom stereocenters. The average Bonchev–Trinajstić information content (AvgIpc) is 3.24. The van der Waals surface area contributed by atoms with Crippen LogP contribution in [0, 0.1) is 22.7 Å². The van der Waals surface area contributed by atoms with Gasteiger partial charge in [0.05, 0.1) is 18.7 Å². The van der Waals surface area contributed by atoms with E-state index in [1.54, 1.807) is 25.5 Å². The smallest absolute Gasteiger partial charge is 0.275 e. The number of hydrogen-bond donors (Lipinski definition) is 3. The first-order chi connectivity index (χ1) is 20.7. The molecule has 4 N–H and O–H groups in total. The number of rotatable bonds is 13. The van der Waals surface area contributed by atoms with Crippen LogP contribution in [0.5, 0.6) is 0 Å². The molecule has 1 aliphatic heterocycles. The maximum Gasteiger partial charge on any atom is 0.275 e. The number of carbonyl (C=O) groups excluding carboxylic acids is 2. The SMILES string of the molecule is C=CN=C/C(=C\C(C)OC)C1=NC2(CCC(C(C)C)CC2)N(C(CCC(C)(C)C)c2ccc(C(=O)NCC(=N)N)cc2)C1=O. The van der Waals surface area contributed by atoms with E-state index in [4.69, 9.17) is 20.9 Å². The lowest BCUT2D eigenvalue weighted by Crippen LogP contribution is -2.51. The summed E-state index contributed by atoms with van der Waals surface area (Å²) in [5, 5.41) is 10.1. The zero-order valence-corrected chi connectivity index (χ0v) is 27.7. The molecule has 9 nitrogen and oxygen atoms in total. The van der Waals surface area contributed by atoms with Gasteiger partial charge in [0.15, 0.2) is 0 Å². The van der Waals surface area contributed by atoms with Gasteiger partial charge < -0.3 is 20.7 Å². The van der Waals surface area contributed by atoms with Crippen LogP contribution in [0.4, 0.5) is 0 Å². The molecule has 1 aromatic rings. The molecule has 0 aromatic heterocycles. The number of nitrogens with two attached hydrogens (primary N) is 1. The molecule has 1 saturated carbocycles. The number of nitrogens with zero attached hydrogens (tertiary/aromatic N) is 3. The molecule has 2 amide bonds. The van der Waals surface area contributed by atoms with E-state index in [1.165, 1.54) is 6.20 Å². The van der Waals surface area contributed by atoms with Crippen LogP contribution in [0.3, 0.4) is 0 Å². The zero-order chi connectivity index (χ0) is 32.7. The lowest BCUT2D eigenvalue weighted by molar-refractivity contribution is -0.133. The molecule has 1 aromatic carbocycles. The number of hydrogen-bond acceptors (Lipinski definition) is 6. The van der Waals surface area contributed by atoms with Gasteiger partial charge in [-0.05, 0) is 86.5 Å². The summed E-state index contributed by atoms with van der Waals surface area (Å²) in [7, 11) is 1.63. The van der Waals surface area contributed by atoms with E-state index in [-0.39, 0.29) is 41.8 Å². The fourth-order valence-corrected chi connectivity index (χ4v) is 6.14. The Morgan fingerprint density at radius 2 is 1.89 bits per heavy atom. The van der Waals surface area contributed by atoms with Gasteiger partial charge in [0.25, 0.3) is 11.8 Å². The van der Waals surface area contributed by atoms with Gasteiger partial charge in [-0.3, -0.25) is 25.0 Å². The van der Waals surface area contributed by atoms with Gasteiger partial charge in [-0.25, -0.2) is 0 Å². The maximum absolute atomic E-state index is 14.7. The molecule has 3 rings (SSSR count). The highest BCUT2D eigenvalue weighted by atomic mass is 16.5. The number of amidine groups is 1. The van der Waals surface area contributed by atoms with Crippen LogP contribution < -0.4 is 11.1 Å². The number of nitrogens with one attached hydrogen (secondary N) is 2. The highest BCUT2D eigenvalue weighted by molar-refractivity contribution is 6.51. The second kappa shape index (κ2) is 14.9. The fourth-order valence-electron chi connectivity index (χ4n) is 6.14. The van der Waals surface area contributed by atoms with Crippen LogP contribution in [-0.2, 0) is 9.53 Å². The summed E-state index contributed by atoms with van der Waals surface area (Å²) in [6, 6.07) is 7.20. The quantitative estimate of drug-likeness (QED) is 0.182. The van der Waals surface area contributed by atoms with Crippen molar-refractivity contribution in [3.8, 4) is 0 Å². The highest BCUT2D eigenvalue weighted by Gasteiger charge is 2.52. The number of methoxy groups -OCH3 is 1. The Hall–Kier alpha value is -3.59. The van der Waals surface area contributed by atoms with E-state index in [2.05, 4.69) is 51.5 Å². The molecule has 1 fully saturated rings. The number of carbonyl (C=O) groups is 2. The van der Waals surface area contributed by atoms with Crippen molar-refractivity contribution < 1.29 is 14.3 Å². The molecule has 2 unspecified atom stereocenters. The minimum atomic E-state index is -0.671. The number of amides is 2. The average molecular weight is 605 g/mol. The normalized spacial score (nSPS) is 22.4. The molecule has 1 heterocycles. The van der Waals surface area contributed by atoms with E-state index in [0.717, 1.165) is 44.1 Å². The van der Waals surface area contributed by atoms with E-state index < -0.39 is 5.66 Å². The Balaban J connectivity index is 2.12. The predicted molar refractivity (Wildman–Crippen MR) is 179 cm³/mol. The summed E-state index contributed by atoms with van der Waals surface area (Å²) < 4.78 is 5.52. The Kier molecular flexibility index (Phi) is 11.8. The second-order valence-corrected chi connectivity index (χ2v) is 13.7. The topological polar surface area (TPSA) is 133 Å². The minimum absolute atomic E-state index is 0.0101. The Morgan fingerprint density at radius 1 is 1.25 bits per heavy atom. The summed E-state index contributed by atoms with van der Waals surface area (Å²) in [5.74, 6) is 0.638. The van der Waals surface area contributed by atoms with Gasteiger partial charge in [-0.15, -0.1) is 0 Å². The lowest BCUT2D eigenvalue weighted by Gasteiger charge is -2.46. The van der Waals surface area contributed by atoms with Crippen molar-refractivity contribution in [2.24, 2.45) is 33.0 Å². The van der Waals surface area contributed by atoms with Crippen molar-refractivity contribution in [2.75, 3.05) is 13.7 Å². The van der Waals surface area contributed by atoms with Crippen molar-refractivity contribution in [2.45, 2.75) is 97.9 Å². The van der Waals surface area contributed by atoms with Crippen molar-refractivity contribution in [3.63, 3.8) is 0 Å². The molecule has 1 aliphatic carbocycles. The van der Waals surface area contributed by atoms with Gasteiger partial charge in [-0.2, -0.15) is 0 Å². The molecular formula is C35H52N6O3. The first kappa shape index (κ1) is 34.9. The Labute approximate surface area is 263 Å². The Bertz CT molecular complexity index is 1280. The molecule has 1 spiro atoms. The molecular weight excluding hydrogens is 552 g/mol. The summed E-state index contributed by atoms with van der Waals surface area (Å²) in [6.45, 7) is 16.8. The number of benzene rings is 1. The van der Waals surface area contributed by atoms with Crippen molar-refractivity contribution in [1.82, 2.24) is 10.2 Å². The Morgan fingerprint density at radius 3 is 2.41 bits per heavy atom. The van der Waals surface area contributed by atoms with Gasteiger partial charge in [0, 0.05) is 30.7 Å². The van der Waals surface area contributed by atoms with Crippen LogP contribution in [-0.4, -0.2) is 59.9 Å². The van der Waals surface area contributed by atoms with Crippen LogP contribution in [0.1, 0.15) is 102 Å². The second-order valence-electron chi connectivity index (χ2n) is 13.7. The largest absolute Gasteiger partial charge is 0.386 e. The standard InChI is InChI=1S/C35H52N6O3/c1-9-38-21-28(20-24(4)44-8)31-33(43)41(35(40-31)18-14-25(15-19-35)23(2)3)29(16-17-34(5,6)7)26-10-12-27(13-11-26)32(42)39-22-30(36)37/h9-13,20-21,23-25,29H,1,14-19,22H2,2-8H3,(H3,36,37)(H,39,42)/b28-20+,38-21?. The van der Waals surface area contributed by atoms with Crippen LogP contribution in [0.15, 0.2) is 58.7 Å². The predicted octanol–water partition coefficient (Wildman–Crippen LogP) is 6.22. The molecule has 0 bridgehead atoms. The summed E-state index contributed by atoms with van der Waals surface area (Å²) in [6.07, 6.45) is 9.95. The van der Waals surface area contributed by atoms with Gasteiger partial charge in [0.1, 0.15) is 17.2 Å². The zero-order valence-electron chi connectivity index (χ0n) is 27.7. The lowest BCUT2D eigenvalue weighted by atomic mass is 9.75. The maximum atomic E-state index is 14.7. The first-order valence-corrected chi connectivity index (χ1v) is 15.7. The number of aliphatic imine (C=N–C) groups is 2.